The van der Waals surface area contributed by atoms with Crippen LogP contribution in [0.5, 0.6) is 11.5 Å². The molecule has 20 heavy (non-hydrogen) atoms. The predicted octanol–water partition coefficient (Wildman–Crippen LogP) is 1.42. The molecule has 6 heteroatoms. The molecule has 1 heterocycles. The fourth-order valence-electron chi connectivity index (χ4n) is 1.91. The molecule has 0 atom stereocenters. The molecule has 0 bridgehead atoms. The van der Waals surface area contributed by atoms with Crippen LogP contribution in [0.15, 0.2) is 18.2 Å². The zero-order valence-electron chi connectivity index (χ0n) is 11.3. The van der Waals surface area contributed by atoms with Crippen LogP contribution in [-0.2, 0) is 4.74 Å². The summed E-state index contributed by atoms with van der Waals surface area (Å²) in [5.74, 6) is 1.07. The quantitative estimate of drug-likeness (QED) is 0.785. The summed E-state index contributed by atoms with van der Waals surface area (Å²) >= 11 is 0. The van der Waals surface area contributed by atoms with Gasteiger partial charge >= 0.3 is 0 Å². The minimum atomic E-state index is -0.143. The highest BCUT2D eigenvalue weighted by Gasteiger charge is 2.19. The Morgan fingerprint density at radius 3 is 2.95 bits per heavy atom. The Hall–Kier alpha value is -2.26. The number of hydrogen-bond acceptors (Lipinski definition) is 5. The Kier molecular flexibility index (Phi) is 4.80. The lowest BCUT2D eigenvalue weighted by molar-refractivity contribution is 0.0699. The lowest BCUT2D eigenvalue weighted by Gasteiger charge is -2.21. The van der Waals surface area contributed by atoms with E-state index in [-0.39, 0.29) is 12.7 Å². The van der Waals surface area contributed by atoms with Crippen molar-refractivity contribution in [3.05, 3.63) is 23.8 Å². The third kappa shape index (κ3) is 3.19. The normalized spacial score (nSPS) is 12.0. The second-order valence-corrected chi connectivity index (χ2v) is 4.26. The Morgan fingerprint density at radius 2 is 2.20 bits per heavy atom. The number of rotatable bonds is 6. The largest absolute Gasteiger partial charge is 0.454 e. The molecule has 0 spiro atoms. The summed E-state index contributed by atoms with van der Waals surface area (Å²) in [6, 6.07) is 7.12. The van der Waals surface area contributed by atoms with Crippen molar-refractivity contribution in [3.8, 4) is 17.6 Å². The molecule has 0 saturated carbocycles. The van der Waals surface area contributed by atoms with E-state index in [1.165, 1.54) is 0 Å². The van der Waals surface area contributed by atoms with Crippen molar-refractivity contribution < 1.29 is 19.0 Å². The maximum absolute atomic E-state index is 12.4. The summed E-state index contributed by atoms with van der Waals surface area (Å²) in [4.78, 5) is 14.0. The second kappa shape index (κ2) is 6.78. The molecule has 6 nitrogen and oxygen atoms in total. The first-order valence-corrected chi connectivity index (χ1v) is 6.31. The second-order valence-electron chi connectivity index (χ2n) is 4.26. The summed E-state index contributed by atoms with van der Waals surface area (Å²) in [5.41, 5.74) is 0.517. The maximum Gasteiger partial charge on any atom is 0.254 e. The van der Waals surface area contributed by atoms with E-state index in [0.29, 0.717) is 43.2 Å². The van der Waals surface area contributed by atoms with Gasteiger partial charge in [0, 0.05) is 25.8 Å². The summed E-state index contributed by atoms with van der Waals surface area (Å²) in [7, 11) is 1.58. The van der Waals surface area contributed by atoms with E-state index in [0.717, 1.165) is 0 Å². The molecule has 1 aromatic rings. The first-order valence-electron chi connectivity index (χ1n) is 6.31. The van der Waals surface area contributed by atoms with Crippen LogP contribution in [0.25, 0.3) is 0 Å². The number of hydrogen-bond donors (Lipinski definition) is 0. The number of ether oxygens (including phenoxy) is 3. The Bertz CT molecular complexity index is 524. The van der Waals surface area contributed by atoms with Gasteiger partial charge in [-0.3, -0.25) is 4.79 Å². The van der Waals surface area contributed by atoms with Crippen molar-refractivity contribution in [1.29, 1.82) is 5.26 Å². The van der Waals surface area contributed by atoms with Crippen molar-refractivity contribution in [2.75, 3.05) is 33.6 Å². The third-order valence-corrected chi connectivity index (χ3v) is 2.97. The lowest BCUT2D eigenvalue weighted by atomic mass is 10.1. The van der Waals surface area contributed by atoms with Gasteiger partial charge in [-0.2, -0.15) is 5.26 Å². The van der Waals surface area contributed by atoms with E-state index in [4.69, 9.17) is 19.5 Å². The fraction of sp³-hybridized carbons (Fsp3) is 0.429. The minimum Gasteiger partial charge on any atom is -0.454 e. The van der Waals surface area contributed by atoms with Gasteiger partial charge in [0.05, 0.1) is 19.1 Å². The van der Waals surface area contributed by atoms with E-state index < -0.39 is 0 Å². The van der Waals surface area contributed by atoms with Crippen molar-refractivity contribution in [2.24, 2.45) is 0 Å². The molecule has 106 valence electrons. The average molecular weight is 276 g/mol. The van der Waals surface area contributed by atoms with Gasteiger partial charge in [0.25, 0.3) is 5.91 Å². The number of benzene rings is 1. The van der Waals surface area contributed by atoms with Crippen molar-refractivity contribution in [2.45, 2.75) is 6.42 Å². The molecular weight excluding hydrogens is 260 g/mol. The molecule has 1 aliphatic rings. The first-order chi connectivity index (χ1) is 9.76. The standard InChI is InChI=1S/C14H16N2O4/c1-18-8-7-16(6-2-5-15)14(17)11-3-4-12-13(9-11)20-10-19-12/h3-4,9H,2,6-8,10H2,1H3. The predicted molar refractivity (Wildman–Crippen MR) is 70.6 cm³/mol. The highest BCUT2D eigenvalue weighted by atomic mass is 16.7. The number of nitriles is 1. The SMILES string of the molecule is COCCN(CCC#N)C(=O)c1ccc2c(c1)OCO2. The fourth-order valence-corrected chi connectivity index (χ4v) is 1.91. The molecule has 0 saturated heterocycles. The molecule has 0 unspecified atom stereocenters. The van der Waals surface area contributed by atoms with Crippen LogP contribution in [0, 0.1) is 11.3 Å². The van der Waals surface area contributed by atoms with Crippen LogP contribution in [0.2, 0.25) is 0 Å². The molecule has 0 N–H and O–H groups in total. The Balaban J connectivity index is 2.11. The molecule has 2 rings (SSSR count). The smallest absolute Gasteiger partial charge is 0.254 e. The number of amides is 1. The summed E-state index contributed by atoms with van der Waals surface area (Å²) in [6.07, 6.45) is 0.292. The monoisotopic (exact) mass is 276 g/mol. The van der Waals surface area contributed by atoms with Crippen molar-refractivity contribution in [3.63, 3.8) is 0 Å². The zero-order valence-corrected chi connectivity index (χ0v) is 11.3. The van der Waals surface area contributed by atoms with Crippen LogP contribution >= 0.6 is 0 Å². The van der Waals surface area contributed by atoms with Gasteiger partial charge in [0.2, 0.25) is 6.79 Å². The molecule has 0 fully saturated rings. The summed E-state index contributed by atoms with van der Waals surface area (Å²) in [5, 5.41) is 8.66. The topological polar surface area (TPSA) is 71.8 Å². The van der Waals surface area contributed by atoms with Gasteiger partial charge in [-0.25, -0.2) is 0 Å². The number of nitrogens with zero attached hydrogens (tertiary/aromatic N) is 2. The molecule has 1 amide bonds. The molecule has 0 aliphatic carbocycles. The summed E-state index contributed by atoms with van der Waals surface area (Å²) < 4.78 is 15.5. The van der Waals surface area contributed by atoms with E-state index >= 15 is 0 Å². The lowest BCUT2D eigenvalue weighted by Crippen LogP contribution is -2.34. The van der Waals surface area contributed by atoms with E-state index in [1.54, 1.807) is 30.2 Å². The van der Waals surface area contributed by atoms with Gasteiger partial charge in [-0.05, 0) is 18.2 Å². The van der Waals surface area contributed by atoms with E-state index in [1.807, 2.05) is 6.07 Å². The molecule has 1 aromatic carbocycles. The van der Waals surface area contributed by atoms with Gasteiger partial charge in [0.1, 0.15) is 0 Å². The van der Waals surface area contributed by atoms with Crippen molar-refractivity contribution in [1.82, 2.24) is 4.90 Å². The third-order valence-electron chi connectivity index (χ3n) is 2.97. The summed E-state index contributed by atoms with van der Waals surface area (Å²) in [6.45, 7) is 1.44. The van der Waals surface area contributed by atoms with Crippen LogP contribution in [0.4, 0.5) is 0 Å². The molecule has 1 aliphatic heterocycles. The van der Waals surface area contributed by atoms with Gasteiger partial charge in [-0.15, -0.1) is 0 Å². The van der Waals surface area contributed by atoms with Gasteiger partial charge < -0.3 is 19.1 Å². The first kappa shape index (κ1) is 14.2. The van der Waals surface area contributed by atoms with Crippen LogP contribution < -0.4 is 9.47 Å². The van der Waals surface area contributed by atoms with Crippen LogP contribution in [-0.4, -0.2) is 44.4 Å². The highest BCUT2D eigenvalue weighted by molar-refractivity contribution is 5.95. The molecule has 0 aromatic heterocycles. The Morgan fingerprint density at radius 1 is 1.40 bits per heavy atom. The van der Waals surface area contributed by atoms with Gasteiger partial charge in [0.15, 0.2) is 11.5 Å². The maximum atomic E-state index is 12.4. The number of methoxy groups -OCH3 is 1. The van der Waals surface area contributed by atoms with Crippen LogP contribution in [0.3, 0.4) is 0 Å². The Labute approximate surface area is 117 Å². The van der Waals surface area contributed by atoms with E-state index in [2.05, 4.69) is 0 Å². The number of fused-ring (bicyclic) bond motifs is 1. The minimum absolute atomic E-state index is 0.143. The average Bonchev–Trinajstić information content (AvgIpc) is 2.94. The van der Waals surface area contributed by atoms with Crippen LogP contribution in [0.1, 0.15) is 16.8 Å². The molecular formula is C14H16N2O4. The number of carbonyl (C=O) groups is 1. The van der Waals surface area contributed by atoms with Gasteiger partial charge in [-0.1, -0.05) is 0 Å². The van der Waals surface area contributed by atoms with E-state index in [9.17, 15) is 4.79 Å². The zero-order chi connectivity index (χ0) is 14.4. The number of carbonyl (C=O) groups excluding carboxylic acids is 1. The van der Waals surface area contributed by atoms with Crippen molar-refractivity contribution >= 4 is 5.91 Å². The molecule has 0 radical (unpaired) electrons. The highest BCUT2D eigenvalue weighted by Crippen LogP contribution is 2.32.